The summed E-state index contributed by atoms with van der Waals surface area (Å²) in [7, 11) is 0. The zero-order valence-corrected chi connectivity index (χ0v) is 18.5. The van der Waals surface area contributed by atoms with Crippen molar-refractivity contribution >= 4 is 5.91 Å². The fraction of sp³-hybridized carbons (Fsp3) is 0.640. The predicted molar refractivity (Wildman–Crippen MR) is 122 cm³/mol. The molecule has 0 atom stereocenters. The van der Waals surface area contributed by atoms with Gasteiger partial charge in [0.1, 0.15) is 0 Å². The molecule has 0 bridgehead atoms. The van der Waals surface area contributed by atoms with Crippen molar-refractivity contribution in [2.45, 2.75) is 97.0 Å². The molecule has 3 heteroatoms. The number of hydrogen-bond donors (Lipinski definition) is 2. The number of allylic oxidation sites excluding steroid dienone is 7. The molecule has 0 rings (SSSR count). The van der Waals surface area contributed by atoms with Gasteiger partial charge in [0.15, 0.2) is 0 Å². The van der Waals surface area contributed by atoms with Gasteiger partial charge in [-0.1, -0.05) is 102 Å². The van der Waals surface area contributed by atoms with Gasteiger partial charge in [-0.3, -0.25) is 4.79 Å². The molecule has 0 saturated heterocycles. The minimum absolute atomic E-state index is 0.113. The van der Waals surface area contributed by atoms with E-state index in [1.807, 2.05) is 30.4 Å². The first-order valence-electron chi connectivity index (χ1n) is 11.2. The second-order valence-electron chi connectivity index (χ2n) is 7.49. The van der Waals surface area contributed by atoms with Crippen LogP contribution in [0.25, 0.3) is 0 Å². The molecule has 0 aliphatic carbocycles. The third kappa shape index (κ3) is 16.6. The van der Waals surface area contributed by atoms with E-state index in [2.05, 4.69) is 38.2 Å². The molecular weight excluding hydrogens is 346 g/mol. The molecule has 0 heterocycles. The molecule has 28 heavy (non-hydrogen) atoms. The molecule has 0 aliphatic rings. The normalized spacial score (nSPS) is 12.9. The van der Waals surface area contributed by atoms with Gasteiger partial charge in [0.05, 0.1) is 5.60 Å². The van der Waals surface area contributed by atoms with E-state index >= 15 is 0 Å². The molecule has 0 fully saturated rings. The predicted octanol–water partition coefficient (Wildman–Crippen LogP) is 6.41. The molecule has 160 valence electrons. The Hall–Kier alpha value is -1.61. The van der Waals surface area contributed by atoms with Crippen LogP contribution >= 0.6 is 0 Å². The van der Waals surface area contributed by atoms with E-state index in [9.17, 15) is 9.90 Å². The maximum absolute atomic E-state index is 12.0. The van der Waals surface area contributed by atoms with Crippen molar-refractivity contribution in [2.75, 3.05) is 6.54 Å². The minimum Gasteiger partial charge on any atom is -0.388 e. The van der Waals surface area contributed by atoms with E-state index in [1.165, 1.54) is 0 Å². The van der Waals surface area contributed by atoms with Gasteiger partial charge >= 0.3 is 0 Å². The summed E-state index contributed by atoms with van der Waals surface area (Å²) >= 11 is 0. The average Bonchev–Trinajstić information content (AvgIpc) is 2.68. The third-order valence-corrected chi connectivity index (χ3v) is 4.69. The van der Waals surface area contributed by atoms with Crippen molar-refractivity contribution in [1.29, 1.82) is 0 Å². The maximum atomic E-state index is 12.0. The number of amides is 1. The summed E-state index contributed by atoms with van der Waals surface area (Å²) in [5.74, 6) is -0.113. The van der Waals surface area contributed by atoms with Crippen molar-refractivity contribution in [2.24, 2.45) is 0 Å². The molecule has 2 N–H and O–H groups in total. The lowest BCUT2D eigenvalue weighted by molar-refractivity contribution is -0.118. The number of carbonyl (C=O) groups is 1. The largest absolute Gasteiger partial charge is 0.388 e. The van der Waals surface area contributed by atoms with E-state index in [0.717, 1.165) is 70.6 Å². The lowest BCUT2D eigenvalue weighted by Gasteiger charge is -2.28. The second kappa shape index (κ2) is 18.7. The lowest BCUT2D eigenvalue weighted by atomic mass is 9.90. The van der Waals surface area contributed by atoms with Gasteiger partial charge in [0, 0.05) is 6.54 Å². The molecule has 0 aromatic heterocycles. The standard InChI is InChI=1S/C25H43NO2/c1-4-7-10-11-12-13-14-15-16-17-20-24(27)26-23-25(28,21-18-8-5-2)22-19-9-6-3/h7,10-14,17,20,28H,4-6,8-9,15-16,18-19,21-23H2,1-3H3,(H,26,27). The molecule has 0 unspecified atom stereocenters. The zero-order valence-electron chi connectivity index (χ0n) is 18.5. The Morgan fingerprint density at radius 2 is 1.39 bits per heavy atom. The van der Waals surface area contributed by atoms with Crippen molar-refractivity contribution in [3.8, 4) is 0 Å². The first-order chi connectivity index (χ1) is 13.6. The first-order valence-corrected chi connectivity index (χ1v) is 11.2. The van der Waals surface area contributed by atoms with Crippen molar-refractivity contribution < 1.29 is 9.90 Å². The summed E-state index contributed by atoms with van der Waals surface area (Å²) in [6.45, 7) is 6.79. The Morgan fingerprint density at radius 1 is 0.821 bits per heavy atom. The van der Waals surface area contributed by atoms with Crippen molar-refractivity contribution in [3.05, 3.63) is 48.6 Å². The Balaban J connectivity index is 4.19. The number of unbranched alkanes of at least 4 members (excludes halogenated alkanes) is 5. The Morgan fingerprint density at radius 3 is 1.96 bits per heavy atom. The van der Waals surface area contributed by atoms with E-state index in [-0.39, 0.29) is 5.91 Å². The Bertz CT molecular complexity index is 479. The van der Waals surface area contributed by atoms with Crippen LogP contribution in [0.3, 0.4) is 0 Å². The van der Waals surface area contributed by atoms with Crippen LogP contribution < -0.4 is 5.32 Å². The van der Waals surface area contributed by atoms with Crippen molar-refractivity contribution in [1.82, 2.24) is 5.32 Å². The van der Waals surface area contributed by atoms with Crippen LogP contribution in [-0.2, 0) is 4.79 Å². The molecule has 3 nitrogen and oxygen atoms in total. The van der Waals surface area contributed by atoms with Gasteiger partial charge in [0.2, 0.25) is 5.91 Å². The summed E-state index contributed by atoms with van der Waals surface area (Å²) in [5.41, 5.74) is -0.769. The molecular formula is C25H43NO2. The smallest absolute Gasteiger partial charge is 0.243 e. The molecule has 0 aromatic rings. The van der Waals surface area contributed by atoms with Gasteiger partial charge in [-0.2, -0.15) is 0 Å². The highest BCUT2D eigenvalue weighted by atomic mass is 16.3. The molecule has 0 saturated carbocycles. The van der Waals surface area contributed by atoms with Crippen LogP contribution in [0, 0.1) is 0 Å². The third-order valence-electron chi connectivity index (χ3n) is 4.69. The molecule has 0 spiro atoms. The molecule has 1 amide bonds. The van der Waals surface area contributed by atoms with Gasteiger partial charge in [-0.15, -0.1) is 0 Å². The highest BCUT2D eigenvalue weighted by Crippen LogP contribution is 2.22. The number of nitrogens with one attached hydrogen (secondary N) is 1. The van der Waals surface area contributed by atoms with Crippen molar-refractivity contribution in [3.63, 3.8) is 0 Å². The van der Waals surface area contributed by atoms with E-state index in [1.54, 1.807) is 6.08 Å². The van der Waals surface area contributed by atoms with E-state index in [0.29, 0.717) is 6.54 Å². The summed E-state index contributed by atoms with van der Waals surface area (Å²) in [5, 5.41) is 13.8. The lowest BCUT2D eigenvalue weighted by Crippen LogP contribution is -2.42. The minimum atomic E-state index is -0.769. The summed E-state index contributed by atoms with van der Waals surface area (Å²) in [6, 6.07) is 0. The number of hydrogen-bond acceptors (Lipinski definition) is 2. The second-order valence-corrected chi connectivity index (χ2v) is 7.49. The van der Waals surface area contributed by atoms with Gasteiger partial charge in [-0.25, -0.2) is 0 Å². The van der Waals surface area contributed by atoms with Crippen LogP contribution in [0.5, 0.6) is 0 Å². The fourth-order valence-corrected chi connectivity index (χ4v) is 2.92. The van der Waals surface area contributed by atoms with Gasteiger partial charge in [-0.05, 0) is 38.2 Å². The maximum Gasteiger partial charge on any atom is 0.243 e. The molecule has 0 aromatic carbocycles. The van der Waals surface area contributed by atoms with Crippen LogP contribution in [0.4, 0.5) is 0 Å². The average molecular weight is 390 g/mol. The SMILES string of the molecule is CCC=CC=CC=CCCC=CC(=O)NCC(O)(CCCCC)CCCCC. The fourth-order valence-electron chi connectivity index (χ4n) is 2.92. The summed E-state index contributed by atoms with van der Waals surface area (Å²) in [4.78, 5) is 12.0. The molecule has 0 radical (unpaired) electrons. The number of carbonyl (C=O) groups excluding carboxylic acids is 1. The van der Waals surface area contributed by atoms with E-state index in [4.69, 9.17) is 0 Å². The highest BCUT2D eigenvalue weighted by molar-refractivity contribution is 5.87. The quantitative estimate of drug-likeness (QED) is 0.171. The van der Waals surface area contributed by atoms with Crippen LogP contribution in [0.2, 0.25) is 0 Å². The monoisotopic (exact) mass is 389 g/mol. The van der Waals surface area contributed by atoms with Gasteiger partial charge < -0.3 is 10.4 Å². The summed E-state index contributed by atoms with van der Waals surface area (Å²) < 4.78 is 0. The Labute approximate surface area is 173 Å². The van der Waals surface area contributed by atoms with E-state index < -0.39 is 5.60 Å². The van der Waals surface area contributed by atoms with Crippen LogP contribution in [0.15, 0.2) is 48.6 Å². The topological polar surface area (TPSA) is 49.3 Å². The van der Waals surface area contributed by atoms with Gasteiger partial charge in [0.25, 0.3) is 0 Å². The first kappa shape index (κ1) is 26.4. The summed E-state index contributed by atoms with van der Waals surface area (Å²) in [6.07, 6.45) is 26.7. The number of aliphatic hydroxyl groups is 1. The van der Waals surface area contributed by atoms with Crippen LogP contribution in [0.1, 0.15) is 91.4 Å². The molecule has 0 aliphatic heterocycles. The zero-order chi connectivity index (χ0) is 20.9. The Kier molecular flexibility index (Phi) is 17.7. The number of rotatable bonds is 17. The highest BCUT2D eigenvalue weighted by Gasteiger charge is 2.26. The van der Waals surface area contributed by atoms with Crippen LogP contribution in [-0.4, -0.2) is 23.2 Å².